The number of nitrogens with one attached hydrogen (secondary N) is 1. The second-order valence-electron chi connectivity index (χ2n) is 7.32. The monoisotopic (exact) mass is 348 g/mol. The smallest absolute Gasteiger partial charge is 0.162 e. The van der Waals surface area contributed by atoms with Gasteiger partial charge in [0.25, 0.3) is 0 Å². The number of β-amino-alcohol motifs (C(OH)–C–C–N with tert-alkyl or cyclic N) is 1. The van der Waals surface area contributed by atoms with Crippen LogP contribution in [-0.2, 0) is 0 Å². The maximum atomic E-state index is 12.0. The Morgan fingerprint density at radius 2 is 1.92 bits per heavy atom. The number of ether oxygens (including phenoxy) is 1. The topological polar surface area (TPSA) is 61.8 Å². The number of aliphatic hydroxyl groups excluding tert-OH is 1. The Balaban J connectivity index is 1.91. The lowest BCUT2D eigenvalue weighted by atomic mass is 10.00. The number of carbonyl (C=O) groups excluding carboxylic acids is 1. The molecular weight excluding hydrogens is 316 g/mol. The van der Waals surface area contributed by atoms with Gasteiger partial charge in [0.2, 0.25) is 0 Å². The standard InChI is InChI=1S/C20H32N2O3/c1-4-5-6-18(23)16-7-9-17(10-8-16)25-20(2,3)19(24)15-22-13-11-21-12-14-22/h7-10,19,21,24H,4-6,11-15H2,1-3H3. The quantitative estimate of drug-likeness (QED) is 0.672. The first kappa shape index (κ1) is 19.9. The normalized spacial score (nSPS) is 17.3. The molecule has 1 fully saturated rings. The van der Waals surface area contributed by atoms with Crippen LogP contribution in [0.15, 0.2) is 24.3 Å². The largest absolute Gasteiger partial charge is 0.485 e. The molecule has 2 rings (SSSR count). The predicted octanol–water partition coefficient (Wildman–Crippen LogP) is 2.48. The van der Waals surface area contributed by atoms with E-state index in [0.29, 0.717) is 18.7 Å². The average molecular weight is 348 g/mol. The Hall–Kier alpha value is -1.43. The lowest BCUT2D eigenvalue weighted by Crippen LogP contribution is -2.52. The van der Waals surface area contributed by atoms with Crippen LogP contribution >= 0.6 is 0 Å². The summed E-state index contributed by atoms with van der Waals surface area (Å²) in [4.78, 5) is 14.3. The number of Topliss-reactive ketones (excluding diaryl/α,β-unsaturated/α-hetero) is 1. The molecule has 5 heteroatoms. The van der Waals surface area contributed by atoms with Gasteiger partial charge in [-0.05, 0) is 44.5 Å². The van der Waals surface area contributed by atoms with Crippen LogP contribution < -0.4 is 10.1 Å². The van der Waals surface area contributed by atoms with E-state index in [4.69, 9.17) is 4.74 Å². The average Bonchev–Trinajstić information content (AvgIpc) is 2.61. The number of benzene rings is 1. The summed E-state index contributed by atoms with van der Waals surface area (Å²) < 4.78 is 6.02. The molecule has 0 bridgehead atoms. The molecule has 5 nitrogen and oxygen atoms in total. The molecule has 0 amide bonds. The minimum Gasteiger partial charge on any atom is -0.485 e. The summed E-state index contributed by atoms with van der Waals surface area (Å²) in [5.74, 6) is 0.850. The second kappa shape index (κ2) is 9.32. The molecule has 0 radical (unpaired) electrons. The van der Waals surface area contributed by atoms with Gasteiger partial charge in [0, 0.05) is 44.7 Å². The first-order chi connectivity index (χ1) is 11.9. The summed E-state index contributed by atoms with van der Waals surface area (Å²) in [5.41, 5.74) is 0.0264. The first-order valence-electron chi connectivity index (χ1n) is 9.36. The Morgan fingerprint density at radius 3 is 2.52 bits per heavy atom. The van der Waals surface area contributed by atoms with Crippen molar-refractivity contribution in [1.82, 2.24) is 10.2 Å². The minimum absolute atomic E-state index is 0.173. The molecule has 1 aromatic carbocycles. The molecule has 0 spiro atoms. The molecule has 1 aromatic rings. The lowest BCUT2D eigenvalue weighted by Gasteiger charge is -2.36. The molecule has 1 aliphatic heterocycles. The molecule has 1 heterocycles. The third kappa shape index (κ3) is 6.10. The van der Waals surface area contributed by atoms with Crippen LogP contribution in [0, 0.1) is 0 Å². The summed E-state index contributed by atoms with van der Waals surface area (Å²) in [6, 6.07) is 7.26. The van der Waals surface area contributed by atoms with Crippen molar-refractivity contribution >= 4 is 5.78 Å². The van der Waals surface area contributed by atoms with Crippen LogP contribution in [0.1, 0.15) is 50.4 Å². The van der Waals surface area contributed by atoms with E-state index in [0.717, 1.165) is 44.6 Å². The zero-order valence-corrected chi connectivity index (χ0v) is 15.8. The van der Waals surface area contributed by atoms with Gasteiger partial charge in [0.15, 0.2) is 5.78 Å². The number of hydrogen-bond acceptors (Lipinski definition) is 5. The highest BCUT2D eigenvalue weighted by Crippen LogP contribution is 2.23. The van der Waals surface area contributed by atoms with Crippen LogP contribution in [-0.4, -0.2) is 60.2 Å². The Bertz CT molecular complexity index is 536. The van der Waals surface area contributed by atoms with Crippen LogP contribution in [0.4, 0.5) is 0 Å². The zero-order chi connectivity index (χ0) is 18.3. The summed E-state index contributed by atoms with van der Waals surface area (Å²) >= 11 is 0. The number of nitrogens with zero attached hydrogens (tertiary/aromatic N) is 1. The van der Waals surface area contributed by atoms with Gasteiger partial charge in [-0.25, -0.2) is 0 Å². The highest BCUT2D eigenvalue weighted by atomic mass is 16.5. The maximum absolute atomic E-state index is 12.0. The van der Waals surface area contributed by atoms with E-state index in [9.17, 15) is 9.90 Å². The van der Waals surface area contributed by atoms with Crippen molar-refractivity contribution < 1.29 is 14.6 Å². The van der Waals surface area contributed by atoms with Crippen LogP contribution in [0.3, 0.4) is 0 Å². The molecule has 0 saturated carbocycles. The van der Waals surface area contributed by atoms with Gasteiger partial charge in [-0.15, -0.1) is 0 Å². The van der Waals surface area contributed by atoms with Crippen LogP contribution in [0.25, 0.3) is 0 Å². The second-order valence-corrected chi connectivity index (χ2v) is 7.32. The maximum Gasteiger partial charge on any atom is 0.162 e. The SMILES string of the molecule is CCCCC(=O)c1ccc(OC(C)(C)C(O)CN2CCNCC2)cc1. The third-order valence-corrected chi connectivity index (χ3v) is 4.76. The van der Waals surface area contributed by atoms with E-state index in [-0.39, 0.29) is 5.78 Å². The molecule has 1 aliphatic rings. The van der Waals surface area contributed by atoms with Crippen molar-refractivity contribution in [2.75, 3.05) is 32.7 Å². The number of hydrogen-bond donors (Lipinski definition) is 2. The number of carbonyl (C=O) groups is 1. The van der Waals surface area contributed by atoms with Crippen molar-refractivity contribution in [3.63, 3.8) is 0 Å². The summed E-state index contributed by atoms with van der Waals surface area (Å²) in [7, 11) is 0. The highest BCUT2D eigenvalue weighted by molar-refractivity contribution is 5.96. The van der Waals surface area contributed by atoms with E-state index in [1.807, 2.05) is 38.1 Å². The van der Waals surface area contributed by atoms with Gasteiger partial charge in [-0.1, -0.05) is 13.3 Å². The van der Waals surface area contributed by atoms with E-state index in [1.165, 1.54) is 0 Å². The molecule has 0 aromatic heterocycles. The summed E-state index contributed by atoms with van der Waals surface area (Å²) in [6.45, 7) is 10.3. The Morgan fingerprint density at radius 1 is 1.28 bits per heavy atom. The number of unbranched alkanes of at least 4 members (excludes halogenated alkanes) is 1. The third-order valence-electron chi connectivity index (χ3n) is 4.76. The zero-order valence-electron chi connectivity index (χ0n) is 15.8. The lowest BCUT2D eigenvalue weighted by molar-refractivity contribution is -0.0456. The van der Waals surface area contributed by atoms with Gasteiger partial charge < -0.3 is 15.2 Å². The molecule has 0 aliphatic carbocycles. The first-order valence-corrected chi connectivity index (χ1v) is 9.36. The number of rotatable bonds is 9. The fraction of sp³-hybridized carbons (Fsp3) is 0.650. The van der Waals surface area contributed by atoms with Gasteiger partial charge in [0.05, 0.1) is 0 Å². The van der Waals surface area contributed by atoms with Crippen molar-refractivity contribution in [2.24, 2.45) is 0 Å². The van der Waals surface area contributed by atoms with Crippen LogP contribution in [0.5, 0.6) is 5.75 Å². The van der Waals surface area contributed by atoms with Crippen molar-refractivity contribution in [3.8, 4) is 5.75 Å². The van der Waals surface area contributed by atoms with E-state index in [2.05, 4.69) is 17.1 Å². The summed E-state index contributed by atoms with van der Waals surface area (Å²) in [5, 5.41) is 13.9. The predicted molar refractivity (Wildman–Crippen MR) is 100 cm³/mol. The fourth-order valence-corrected chi connectivity index (χ4v) is 2.92. The molecule has 1 atom stereocenters. The number of piperazine rings is 1. The summed E-state index contributed by atoms with van der Waals surface area (Å²) in [6.07, 6.45) is 1.94. The van der Waals surface area contributed by atoms with Gasteiger partial charge in [-0.2, -0.15) is 0 Å². The van der Waals surface area contributed by atoms with Gasteiger partial charge in [0.1, 0.15) is 17.5 Å². The van der Waals surface area contributed by atoms with Crippen molar-refractivity contribution in [1.29, 1.82) is 0 Å². The molecule has 25 heavy (non-hydrogen) atoms. The van der Waals surface area contributed by atoms with Gasteiger partial charge in [-0.3, -0.25) is 9.69 Å². The molecular formula is C20H32N2O3. The Kier molecular flexibility index (Phi) is 7.41. The fourth-order valence-electron chi connectivity index (χ4n) is 2.92. The molecule has 1 saturated heterocycles. The molecule has 140 valence electrons. The van der Waals surface area contributed by atoms with Gasteiger partial charge >= 0.3 is 0 Å². The van der Waals surface area contributed by atoms with Crippen molar-refractivity contribution in [2.45, 2.75) is 51.7 Å². The Labute approximate surface area is 151 Å². The highest BCUT2D eigenvalue weighted by Gasteiger charge is 2.32. The van der Waals surface area contributed by atoms with E-state index >= 15 is 0 Å². The van der Waals surface area contributed by atoms with E-state index in [1.54, 1.807) is 0 Å². The molecule has 2 N–H and O–H groups in total. The van der Waals surface area contributed by atoms with E-state index < -0.39 is 11.7 Å². The van der Waals surface area contributed by atoms with Crippen molar-refractivity contribution in [3.05, 3.63) is 29.8 Å². The molecule has 1 unspecified atom stereocenters. The number of aliphatic hydroxyl groups is 1. The minimum atomic E-state index is -0.696. The van der Waals surface area contributed by atoms with Crippen LogP contribution in [0.2, 0.25) is 0 Å². The number of ketones is 1.